The second-order valence-electron chi connectivity index (χ2n) is 3.72. The molecule has 0 amide bonds. The molecule has 0 saturated heterocycles. The summed E-state index contributed by atoms with van der Waals surface area (Å²) in [6.45, 7) is 1.97. The van der Waals surface area contributed by atoms with Gasteiger partial charge in [0.15, 0.2) is 5.82 Å². The number of rotatable bonds is 4. The highest BCUT2D eigenvalue weighted by molar-refractivity contribution is 9.10. The molecule has 0 bridgehead atoms. The Hall–Kier alpha value is -1.86. The van der Waals surface area contributed by atoms with Crippen LogP contribution in [-0.4, -0.2) is 17.1 Å². The lowest BCUT2D eigenvalue weighted by molar-refractivity contribution is 0.369. The summed E-state index contributed by atoms with van der Waals surface area (Å²) in [7, 11) is 1.50. The first-order chi connectivity index (χ1) is 9.15. The van der Waals surface area contributed by atoms with E-state index in [-0.39, 0.29) is 0 Å². The summed E-state index contributed by atoms with van der Waals surface area (Å²) >= 11 is 3.43. The number of hydrazine groups is 1. The molecule has 1 heterocycles. The molecule has 19 heavy (non-hydrogen) atoms. The van der Waals surface area contributed by atoms with Crippen molar-refractivity contribution in [2.24, 2.45) is 5.84 Å². The summed E-state index contributed by atoms with van der Waals surface area (Å²) < 4.78 is 11.9. The lowest BCUT2D eigenvalue weighted by Crippen LogP contribution is -2.10. The first-order valence-corrected chi connectivity index (χ1v) is 6.24. The number of anilines is 1. The molecule has 3 N–H and O–H groups in total. The van der Waals surface area contributed by atoms with Crippen molar-refractivity contribution >= 4 is 21.7 Å². The molecule has 1 aromatic heterocycles. The Bertz CT molecular complexity index is 592. The maximum Gasteiger partial charge on any atom is 0.268 e. The van der Waals surface area contributed by atoms with E-state index < -0.39 is 0 Å². The largest absolute Gasteiger partial charge is 0.489 e. The van der Waals surface area contributed by atoms with Gasteiger partial charge in [-0.1, -0.05) is 15.9 Å². The highest BCUT2D eigenvalue weighted by Gasteiger charge is 2.13. The van der Waals surface area contributed by atoms with E-state index in [0.717, 1.165) is 10.0 Å². The lowest BCUT2D eigenvalue weighted by Gasteiger charge is -2.12. The van der Waals surface area contributed by atoms with Crippen molar-refractivity contribution in [1.82, 2.24) is 9.97 Å². The van der Waals surface area contributed by atoms with Gasteiger partial charge in [-0.3, -0.25) is 0 Å². The molecule has 0 radical (unpaired) electrons. The Kier molecular flexibility index (Phi) is 4.18. The summed E-state index contributed by atoms with van der Waals surface area (Å²) in [4.78, 5) is 7.98. The van der Waals surface area contributed by atoms with E-state index in [4.69, 9.17) is 15.3 Å². The van der Waals surface area contributed by atoms with Crippen LogP contribution in [0.4, 0.5) is 5.82 Å². The van der Waals surface area contributed by atoms with Gasteiger partial charge in [-0.15, -0.1) is 0 Å². The second-order valence-corrected chi connectivity index (χ2v) is 4.57. The third-order valence-corrected chi connectivity index (χ3v) is 3.35. The Balaban J connectivity index is 2.35. The fraction of sp³-hybridized carbons (Fsp3) is 0.167. The smallest absolute Gasteiger partial charge is 0.268 e. The number of nitrogen functional groups attached to an aromatic ring is 1. The molecule has 0 aliphatic carbocycles. The summed E-state index contributed by atoms with van der Waals surface area (Å²) in [6.07, 6.45) is 1.35. The maximum absolute atomic E-state index is 5.69. The first-order valence-electron chi connectivity index (χ1n) is 5.45. The van der Waals surface area contributed by atoms with Gasteiger partial charge in [-0.25, -0.2) is 10.8 Å². The van der Waals surface area contributed by atoms with E-state index in [2.05, 4.69) is 31.3 Å². The zero-order valence-electron chi connectivity index (χ0n) is 10.5. The van der Waals surface area contributed by atoms with E-state index >= 15 is 0 Å². The Morgan fingerprint density at radius 3 is 2.74 bits per heavy atom. The predicted molar refractivity (Wildman–Crippen MR) is 75.3 cm³/mol. The normalized spacial score (nSPS) is 10.1. The van der Waals surface area contributed by atoms with E-state index in [1.54, 1.807) is 0 Å². The van der Waals surface area contributed by atoms with Crippen molar-refractivity contribution in [2.45, 2.75) is 6.92 Å². The van der Waals surface area contributed by atoms with Crippen molar-refractivity contribution in [3.05, 3.63) is 34.6 Å². The summed E-state index contributed by atoms with van der Waals surface area (Å²) in [5, 5.41) is 0. The van der Waals surface area contributed by atoms with Gasteiger partial charge in [0.25, 0.3) is 5.88 Å². The fourth-order valence-electron chi connectivity index (χ4n) is 1.51. The summed E-state index contributed by atoms with van der Waals surface area (Å²) in [6, 6.07) is 5.62. The van der Waals surface area contributed by atoms with Crippen molar-refractivity contribution in [1.29, 1.82) is 0 Å². The fourth-order valence-corrected chi connectivity index (χ4v) is 1.76. The number of aryl methyl sites for hydroxylation is 1. The lowest BCUT2D eigenvalue weighted by atomic mass is 10.2. The molecule has 2 aromatic rings. The van der Waals surface area contributed by atoms with Crippen molar-refractivity contribution in [2.75, 3.05) is 12.5 Å². The van der Waals surface area contributed by atoms with Crippen LogP contribution in [0.25, 0.3) is 0 Å². The number of nitrogens with two attached hydrogens (primary N) is 1. The zero-order chi connectivity index (χ0) is 13.8. The van der Waals surface area contributed by atoms with E-state index in [0.29, 0.717) is 23.2 Å². The molecule has 0 aliphatic heterocycles. The number of aromatic nitrogens is 2. The minimum atomic E-state index is 0.298. The van der Waals surface area contributed by atoms with Crippen LogP contribution in [0, 0.1) is 6.92 Å². The quantitative estimate of drug-likeness (QED) is 0.664. The first kappa shape index (κ1) is 13.6. The van der Waals surface area contributed by atoms with E-state index in [1.807, 2.05) is 25.1 Å². The molecule has 0 spiro atoms. The molecule has 0 aliphatic rings. The van der Waals surface area contributed by atoms with Crippen molar-refractivity contribution < 1.29 is 9.47 Å². The number of ether oxygens (including phenoxy) is 2. The molecular formula is C12H13BrN4O2. The molecule has 1 aromatic carbocycles. The summed E-state index contributed by atoms with van der Waals surface area (Å²) in [5.41, 5.74) is 3.49. The van der Waals surface area contributed by atoms with Gasteiger partial charge in [0.05, 0.1) is 7.11 Å². The Morgan fingerprint density at radius 2 is 2.11 bits per heavy atom. The third kappa shape index (κ3) is 2.94. The van der Waals surface area contributed by atoms with Gasteiger partial charge in [0, 0.05) is 4.47 Å². The molecule has 0 atom stereocenters. The average Bonchev–Trinajstić information content (AvgIpc) is 2.42. The number of benzene rings is 1. The molecule has 0 fully saturated rings. The molecule has 0 unspecified atom stereocenters. The topological polar surface area (TPSA) is 82.3 Å². The van der Waals surface area contributed by atoms with Crippen LogP contribution in [0.5, 0.6) is 17.4 Å². The van der Waals surface area contributed by atoms with Crippen LogP contribution < -0.4 is 20.7 Å². The van der Waals surface area contributed by atoms with Gasteiger partial charge >= 0.3 is 0 Å². The second kappa shape index (κ2) is 5.85. The Morgan fingerprint density at radius 1 is 1.32 bits per heavy atom. The molecule has 2 rings (SSSR count). The highest BCUT2D eigenvalue weighted by atomic mass is 79.9. The Labute approximate surface area is 119 Å². The van der Waals surface area contributed by atoms with Gasteiger partial charge in [-0.2, -0.15) is 4.98 Å². The summed E-state index contributed by atoms with van der Waals surface area (Å²) in [5.74, 6) is 7.02. The predicted octanol–water partition coefficient (Wildman–Crippen LogP) is 2.63. The zero-order valence-corrected chi connectivity index (χ0v) is 12.1. The number of methoxy groups -OCH3 is 1. The molecule has 100 valence electrons. The van der Waals surface area contributed by atoms with Crippen LogP contribution >= 0.6 is 15.9 Å². The average molecular weight is 325 g/mol. The molecule has 0 saturated carbocycles. The maximum atomic E-state index is 5.69. The molecule has 6 nitrogen and oxygen atoms in total. The minimum absolute atomic E-state index is 0.298. The molecular weight excluding hydrogens is 312 g/mol. The standard InChI is InChI=1S/C12H13BrN4O2/c1-7-5-8(3-4-9(7)13)19-12-10(18-2)11(17-14)15-6-16-12/h3-6H,14H2,1-2H3,(H,15,16,17). The van der Waals surface area contributed by atoms with E-state index in [1.165, 1.54) is 13.4 Å². The minimum Gasteiger partial charge on any atom is -0.489 e. The van der Waals surface area contributed by atoms with Crippen LogP contribution in [0.1, 0.15) is 5.56 Å². The number of nitrogens with one attached hydrogen (secondary N) is 1. The van der Waals surface area contributed by atoms with Gasteiger partial charge in [-0.05, 0) is 30.7 Å². The molecule has 7 heteroatoms. The van der Waals surface area contributed by atoms with Crippen molar-refractivity contribution in [3.8, 4) is 17.4 Å². The van der Waals surface area contributed by atoms with Crippen LogP contribution in [0.2, 0.25) is 0 Å². The highest BCUT2D eigenvalue weighted by Crippen LogP contribution is 2.34. The third-order valence-electron chi connectivity index (χ3n) is 2.46. The van der Waals surface area contributed by atoms with Crippen LogP contribution in [0.3, 0.4) is 0 Å². The SMILES string of the molecule is COc1c(NN)ncnc1Oc1ccc(Br)c(C)c1. The number of nitrogens with zero attached hydrogens (tertiary/aromatic N) is 2. The number of hydrogen-bond acceptors (Lipinski definition) is 6. The van der Waals surface area contributed by atoms with Crippen LogP contribution in [-0.2, 0) is 0 Å². The van der Waals surface area contributed by atoms with Gasteiger partial charge in [0.2, 0.25) is 5.75 Å². The van der Waals surface area contributed by atoms with E-state index in [9.17, 15) is 0 Å². The van der Waals surface area contributed by atoms with Crippen molar-refractivity contribution in [3.63, 3.8) is 0 Å². The van der Waals surface area contributed by atoms with Gasteiger partial charge < -0.3 is 14.9 Å². The van der Waals surface area contributed by atoms with Crippen LogP contribution in [0.15, 0.2) is 29.0 Å². The number of hydrogen-bond donors (Lipinski definition) is 2. The monoisotopic (exact) mass is 324 g/mol. The van der Waals surface area contributed by atoms with Gasteiger partial charge in [0.1, 0.15) is 12.1 Å². The number of halogens is 1.